The van der Waals surface area contributed by atoms with E-state index < -0.39 is 84.1 Å². The normalized spacial score (nSPS) is 11.5. The molecular formula is C47H55F6N5O8S2. The third kappa shape index (κ3) is 19.7. The monoisotopic (exact) mass is 995 g/mol. The van der Waals surface area contributed by atoms with Crippen LogP contribution in [0.2, 0.25) is 0 Å². The predicted molar refractivity (Wildman–Crippen MR) is 245 cm³/mol. The van der Waals surface area contributed by atoms with E-state index in [-0.39, 0.29) is 86.6 Å². The minimum Gasteiger partial charge on any atom is -0.469 e. The first kappa shape index (κ1) is 56.9. The molecule has 0 spiro atoms. The molecule has 0 aliphatic carbocycles. The summed E-state index contributed by atoms with van der Waals surface area (Å²) in [6.07, 6.45) is -7.30. The molecule has 1 heterocycles. The molecule has 1 aromatic heterocycles. The average Bonchev–Trinajstić information content (AvgIpc) is 3.26. The predicted octanol–water partition coefficient (Wildman–Crippen LogP) is 9.78. The minimum absolute atomic E-state index is 0.0107. The number of halogens is 6. The maximum Gasteiger partial charge on any atom is 0.416 e. The Bertz CT molecular complexity index is 2170. The quantitative estimate of drug-likeness (QED) is 0.0108. The van der Waals surface area contributed by atoms with Gasteiger partial charge in [0.25, 0.3) is 0 Å². The number of rotatable bonds is 30. The van der Waals surface area contributed by atoms with Crippen LogP contribution in [0.15, 0.2) is 46.5 Å². The smallest absolute Gasteiger partial charge is 0.416 e. The molecule has 13 nitrogen and oxygen atoms in total. The number of Topliss-reactive ketones (excluding diaryl/α,β-unsaturated/α-hetero) is 4. The molecule has 2 aromatic carbocycles. The van der Waals surface area contributed by atoms with E-state index in [9.17, 15) is 55.1 Å². The summed E-state index contributed by atoms with van der Waals surface area (Å²) in [5, 5.41) is 14.9. The molecule has 0 saturated carbocycles. The number of hydrogen-bond donors (Lipinski definition) is 3. The van der Waals surface area contributed by atoms with Crippen molar-refractivity contribution in [3.8, 4) is 0 Å². The van der Waals surface area contributed by atoms with Gasteiger partial charge in [0.15, 0.2) is 11.6 Å². The first-order valence-electron chi connectivity index (χ1n) is 21.7. The van der Waals surface area contributed by atoms with E-state index in [1.54, 1.807) is 6.92 Å². The first-order valence-corrected chi connectivity index (χ1v) is 23.6. The Balaban J connectivity index is 2.01. The van der Waals surface area contributed by atoms with E-state index >= 15 is 0 Å². The third-order valence-corrected chi connectivity index (χ3v) is 12.8. The SMILES string of the molecule is COC(=O)CCSc1c(CC(=O)CCCCCC(C)=N)cc(C(F)(F)F)cc1CC(=O)c1cc(C(=O)Cc2cc(C(F)(F)F)cc(CC(=O)CCCCCC(=N)N)c2SCCC(=O)OC)ncn1. The van der Waals surface area contributed by atoms with Crippen LogP contribution in [-0.2, 0) is 66.7 Å². The summed E-state index contributed by atoms with van der Waals surface area (Å²) in [5.41, 5.74) is 2.46. The Hall–Kier alpha value is -5.44. The molecular weight excluding hydrogens is 941 g/mol. The fourth-order valence-corrected chi connectivity index (χ4v) is 9.12. The van der Waals surface area contributed by atoms with Gasteiger partial charge in [0.05, 0.1) is 44.0 Å². The number of alkyl halides is 6. The van der Waals surface area contributed by atoms with E-state index in [1.807, 2.05) is 0 Å². The summed E-state index contributed by atoms with van der Waals surface area (Å²) in [7, 11) is 2.33. The van der Waals surface area contributed by atoms with Crippen molar-refractivity contribution >= 4 is 70.1 Å². The molecule has 0 unspecified atom stereocenters. The summed E-state index contributed by atoms with van der Waals surface area (Å²) in [6.45, 7) is 1.66. The Morgan fingerprint density at radius 3 is 1.28 bits per heavy atom. The number of aromatic nitrogens is 2. The lowest BCUT2D eigenvalue weighted by Gasteiger charge is -2.18. The zero-order valence-corrected chi connectivity index (χ0v) is 39.6. The van der Waals surface area contributed by atoms with Gasteiger partial charge in [-0.3, -0.25) is 34.2 Å². The number of methoxy groups -OCH3 is 2. The van der Waals surface area contributed by atoms with E-state index in [2.05, 4.69) is 9.97 Å². The summed E-state index contributed by atoms with van der Waals surface area (Å²) in [5.74, 6) is -3.67. The van der Waals surface area contributed by atoms with Gasteiger partial charge >= 0.3 is 24.3 Å². The van der Waals surface area contributed by atoms with E-state index in [0.29, 0.717) is 57.1 Å². The van der Waals surface area contributed by atoms with Crippen molar-refractivity contribution in [3.63, 3.8) is 0 Å². The second-order valence-corrected chi connectivity index (χ2v) is 18.1. The van der Waals surface area contributed by atoms with Crippen LogP contribution in [0.4, 0.5) is 26.3 Å². The Morgan fingerprint density at radius 2 is 0.926 bits per heavy atom. The molecule has 68 heavy (non-hydrogen) atoms. The van der Waals surface area contributed by atoms with Crippen LogP contribution >= 0.6 is 23.5 Å². The number of carbonyl (C=O) groups is 6. The first-order chi connectivity index (χ1) is 32.0. The molecule has 4 N–H and O–H groups in total. The van der Waals surface area contributed by atoms with Gasteiger partial charge in [0.2, 0.25) is 0 Å². The van der Waals surface area contributed by atoms with Crippen molar-refractivity contribution in [1.29, 1.82) is 10.8 Å². The van der Waals surface area contributed by atoms with Crippen LogP contribution in [0, 0.1) is 10.8 Å². The summed E-state index contributed by atoms with van der Waals surface area (Å²) in [4.78, 5) is 86.2. The lowest BCUT2D eigenvalue weighted by atomic mass is 9.95. The number of hydrogen-bond acceptors (Lipinski definition) is 14. The van der Waals surface area contributed by atoms with Gasteiger partial charge in [-0.1, -0.05) is 12.8 Å². The molecule has 0 aliphatic rings. The maximum atomic E-state index is 14.4. The highest BCUT2D eigenvalue weighted by molar-refractivity contribution is 7.99. The Morgan fingerprint density at radius 1 is 0.559 bits per heavy atom. The van der Waals surface area contributed by atoms with E-state index in [1.165, 1.54) is 7.11 Å². The van der Waals surface area contributed by atoms with Crippen LogP contribution < -0.4 is 5.73 Å². The second kappa shape index (κ2) is 27.5. The molecule has 0 fully saturated rings. The van der Waals surface area contributed by atoms with Gasteiger partial charge < -0.3 is 20.6 Å². The van der Waals surface area contributed by atoms with Gasteiger partial charge in [-0.15, -0.1) is 23.5 Å². The van der Waals surface area contributed by atoms with Crippen molar-refractivity contribution in [2.45, 2.75) is 132 Å². The fraction of sp³-hybridized carbons (Fsp3) is 0.489. The largest absolute Gasteiger partial charge is 0.469 e. The molecule has 0 aliphatic heterocycles. The number of benzene rings is 2. The number of esters is 2. The van der Waals surface area contributed by atoms with Crippen LogP contribution in [0.1, 0.15) is 138 Å². The summed E-state index contributed by atoms with van der Waals surface area (Å²) < 4.78 is 95.5. The van der Waals surface area contributed by atoms with Gasteiger partial charge in [0, 0.05) is 72.0 Å². The number of carbonyl (C=O) groups excluding carboxylic acids is 6. The summed E-state index contributed by atoms with van der Waals surface area (Å²) in [6, 6.07) is 4.16. The maximum absolute atomic E-state index is 14.4. The van der Waals surface area contributed by atoms with Gasteiger partial charge in [0.1, 0.15) is 29.3 Å². The van der Waals surface area contributed by atoms with Gasteiger partial charge in [-0.25, -0.2) is 9.97 Å². The molecule has 370 valence electrons. The average molecular weight is 996 g/mol. The van der Waals surface area contributed by atoms with E-state index in [0.717, 1.165) is 67.3 Å². The Labute approximate surface area is 398 Å². The lowest BCUT2D eigenvalue weighted by Crippen LogP contribution is -2.16. The number of amidine groups is 1. The summed E-state index contributed by atoms with van der Waals surface area (Å²) >= 11 is 1.91. The molecule has 0 atom stereocenters. The third-order valence-electron chi connectivity index (χ3n) is 10.3. The number of thioether (sulfide) groups is 2. The number of unbranched alkanes of at least 4 members (excludes halogenated alkanes) is 4. The highest BCUT2D eigenvalue weighted by atomic mass is 32.2. The van der Waals surface area contributed by atoms with Crippen molar-refractivity contribution in [2.24, 2.45) is 5.73 Å². The van der Waals surface area contributed by atoms with Crippen molar-refractivity contribution in [3.05, 3.63) is 81.4 Å². The highest BCUT2D eigenvalue weighted by Gasteiger charge is 2.35. The van der Waals surface area contributed by atoms with Crippen LogP contribution in [-0.4, -0.2) is 82.3 Å². The standard InChI is InChI=1S/C47H55F6N5O8S2/c1-28(54)10-6-4-7-11-35(59)22-29-18-33(46(48,49)50)20-31(44(29)67-16-14-42(63)65-2)24-39(61)37-26-38(58-27-57-37)40(62)25-32-21-34(47(51,52)53)19-30(45(32)68-17-15-43(64)66-3)23-36(60)12-8-5-9-13-41(55)56/h18-21,26-27,54H,4-17,22-25H2,1-3H3,(H3,55,56). The zero-order valence-electron chi connectivity index (χ0n) is 38.0. The highest BCUT2D eigenvalue weighted by Crippen LogP contribution is 2.39. The number of ether oxygens (including phenoxy) is 2. The molecule has 0 amide bonds. The lowest BCUT2D eigenvalue weighted by molar-refractivity contribution is -0.141. The fourth-order valence-electron chi connectivity index (χ4n) is 6.90. The topological polar surface area (TPSA) is 220 Å². The van der Waals surface area contributed by atoms with Gasteiger partial charge in [-0.05, 0) is 91.6 Å². The zero-order chi connectivity index (χ0) is 50.6. The van der Waals surface area contributed by atoms with Crippen molar-refractivity contribution in [2.75, 3.05) is 25.7 Å². The van der Waals surface area contributed by atoms with Gasteiger partial charge in [-0.2, -0.15) is 26.3 Å². The number of nitrogens with one attached hydrogen (secondary N) is 2. The molecule has 21 heteroatoms. The van der Waals surface area contributed by atoms with Crippen LogP contribution in [0.25, 0.3) is 0 Å². The molecule has 0 bridgehead atoms. The van der Waals surface area contributed by atoms with Crippen LogP contribution in [0.5, 0.6) is 0 Å². The number of nitrogens with two attached hydrogens (primary N) is 1. The Kier molecular flexibility index (Phi) is 23.0. The van der Waals surface area contributed by atoms with Crippen molar-refractivity contribution < 1.29 is 64.6 Å². The molecule has 3 aromatic rings. The molecule has 0 saturated heterocycles. The number of ketones is 4. The molecule has 0 radical (unpaired) electrons. The molecule has 3 rings (SSSR count). The van der Waals surface area contributed by atoms with Crippen molar-refractivity contribution in [1.82, 2.24) is 9.97 Å². The van der Waals surface area contributed by atoms with Crippen LogP contribution in [0.3, 0.4) is 0 Å². The minimum atomic E-state index is -4.90. The number of nitrogens with zero attached hydrogens (tertiary/aromatic N) is 2. The van der Waals surface area contributed by atoms with E-state index in [4.69, 9.17) is 26.0 Å². The second-order valence-electron chi connectivity index (χ2n) is 15.9.